The summed E-state index contributed by atoms with van der Waals surface area (Å²) in [4.78, 5) is 17.2. The number of hydrogen-bond acceptors (Lipinski definition) is 5. The van der Waals surface area contributed by atoms with Crippen molar-refractivity contribution >= 4 is 17.4 Å². The largest absolute Gasteiger partial charge is 0.484 e. The molecule has 0 aliphatic heterocycles. The summed E-state index contributed by atoms with van der Waals surface area (Å²) in [5, 5.41) is 4.30. The van der Waals surface area contributed by atoms with Gasteiger partial charge in [0.2, 0.25) is 0 Å². The fourth-order valence-electron chi connectivity index (χ4n) is 1.72. The summed E-state index contributed by atoms with van der Waals surface area (Å²) in [6, 6.07) is 13.0. The van der Waals surface area contributed by atoms with E-state index in [1.807, 2.05) is 49.4 Å². The molecule has 0 saturated carbocycles. The van der Waals surface area contributed by atoms with Crippen LogP contribution in [0, 0.1) is 0 Å². The molecule has 6 nitrogen and oxygen atoms in total. The molecule has 0 unspecified atom stereocenters. The topological polar surface area (TPSA) is 66.8 Å². The third-order valence-corrected chi connectivity index (χ3v) is 3.12. The molecule has 0 radical (unpaired) electrons. The third kappa shape index (κ3) is 5.10. The molecule has 0 bridgehead atoms. The van der Waals surface area contributed by atoms with E-state index in [0.29, 0.717) is 11.6 Å². The number of likely N-dealkylation sites (N-methyl/N-ethyl adjacent to an activating group) is 1. The van der Waals surface area contributed by atoms with Crippen LogP contribution in [-0.2, 0) is 4.79 Å². The first-order valence-electron chi connectivity index (χ1n) is 7.21. The molecule has 0 fully saturated rings. The quantitative estimate of drug-likeness (QED) is 0.657. The fourth-order valence-corrected chi connectivity index (χ4v) is 1.72. The van der Waals surface area contributed by atoms with Crippen LogP contribution in [0.2, 0.25) is 0 Å². The number of nitrogens with one attached hydrogen (secondary N) is 1. The van der Waals surface area contributed by atoms with Gasteiger partial charge in [0.1, 0.15) is 11.6 Å². The second kappa shape index (κ2) is 7.93. The number of pyridine rings is 1. The van der Waals surface area contributed by atoms with E-state index in [2.05, 4.69) is 15.5 Å². The Morgan fingerprint density at radius 3 is 2.78 bits per heavy atom. The molecule has 0 aliphatic carbocycles. The number of aromatic nitrogens is 1. The predicted octanol–water partition coefficient (Wildman–Crippen LogP) is 2.38. The second-order valence-electron chi connectivity index (χ2n) is 5.13. The lowest BCUT2D eigenvalue weighted by Crippen LogP contribution is -2.27. The maximum Gasteiger partial charge on any atom is 0.259 e. The van der Waals surface area contributed by atoms with Gasteiger partial charge in [-0.15, -0.1) is 0 Å². The lowest BCUT2D eigenvalue weighted by Gasteiger charge is -2.12. The highest BCUT2D eigenvalue weighted by atomic mass is 16.5. The number of benzene rings is 1. The molecule has 23 heavy (non-hydrogen) atoms. The molecule has 1 aromatic heterocycles. The Kier molecular flexibility index (Phi) is 5.68. The Morgan fingerprint density at radius 2 is 2.09 bits per heavy atom. The van der Waals surface area contributed by atoms with Crippen LogP contribution < -0.4 is 10.2 Å². The molecule has 120 valence electrons. The van der Waals surface area contributed by atoms with Gasteiger partial charge >= 0.3 is 0 Å². The van der Waals surface area contributed by atoms with E-state index in [0.717, 1.165) is 11.3 Å². The zero-order valence-electron chi connectivity index (χ0n) is 13.5. The fraction of sp³-hybridized carbons (Fsp3) is 0.235. The Bertz CT molecular complexity index is 684. The third-order valence-electron chi connectivity index (χ3n) is 3.12. The molecule has 0 spiro atoms. The summed E-state index contributed by atoms with van der Waals surface area (Å²) in [6.45, 7) is 1.90. The van der Waals surface area contributed by atoms with E-state index in [1.54, 1.807) is 20.3 Å². The summed E-state index contributed by atoms with van der Waals surface area (Å²) >= 11 is 0. The summed E-state index contributed by atoms with van der Waals surface area (Å²) in [6.07, 6.45) is 1.70. The minimum Gasteiger partial charge on any atom is -0.484 e. The van der Waals surface area contributed by atoms with Crippen LogP contribution in [0.5, 0.6) is 5.75 Å². The van der Waals surface area contributed by atoms with Crippen molar-refractivity contribution in [3.63, 3.8) is 0 Å². The average Bonchev–Trinajstić information content (AvgIpc) is 2.58. The van der Waals surface area contributed by atoms with Crippen molar-refractivity contribution in [1.29, 1.82) is 0 Å². The number of ether oxygens (including phenoxy) is 1. The van der Waals surface area contributed by atoms with Gasteiger partial charge in [0, 0.05) is 25.9 Å². The van der Waals surface area contributed by atoms with Crippen LogP contribution in [0.1, 0.15) is 12.5 Å². The zero-order valence-corrected chi connectivity index (χ0v) is 13.5. The monoisotopic (exact) mass is 312 g/mol. The molecule has 1 N–H and O–H groups in total. The van der Waals surface area contributed by atoms with Gasteiger partial charge in [0.05, 0.1) is 5.71 Å². The predicted molar refractivity (Wildman–Crippen MR) is 90.7 cm³/mol. The number of nitrogens with zero attached hydrogens (tertiary/aromatic N) is 3. The van der Waals surface area contributed by atoms with Gasteiger partial charge < -0.3 is 9.64 Å². The number of carbonyl (C=O) groups is 1. The maximum atomic E-state index is 11.6. The van der Waals surface area contributed by atoms with Gasteiger partial charge in [-0.2, -0.15) is 5.10 Å². The Labute approximate surface area is 135 Å². The first-order chi connectivity index (χ1) is 11.1. The van der Waals surface area contributed by atoms with Crippen LogP contribution in [0.25, 0.3) is 0 Å². The zero-order chi connectivity index (χ0) is 16.7. The highest BCUT2D eigenvalue weighted by Gasteiger charge is 2.06. The molecule has 0 saturated heterocycles. The molecule has 2 aromatic rings. The van der Waals surface area contributed by atoms with Gasteiger partial charge in [0.25, 0.3) is 5.91 Å². The minimum atomic E-state index is -0.0855. The van der Waals surface area contributed by atoms with Gasteiger partial charge in [-0.1, -0.05) is 18.2 Å². The van der Waals surface area contributed by atoms with Crippen LogP contribution in [-0.4, -0.2) is 42.2 Å². The van der Waals surface area contributed by atoms with Crippen molar-refractivity contribution in [2.24, 2.45) is 5.10 Å². The van der Waals surface area contributed by atoms with Crippen molar-refractivity contribution in [3.05, 3.63) is 54.2 Å². The Hall–Kier alpha value is -2.89. The number of hydrogen-bond donors (Lipinski definition) is 1. The smallest absolute Gasteiger partial charge is 0.259 e. The molecule has 1 heterocycles. The van der Waals surface area contributed by atoms with Crippen LogP contribution >= 0.6 is 0 Å². The molecular weight excluding hydrogens is 292 g/mol. The van der Waals surface area contributed by atoms with Gasteiger partial charge in [0.15, 0.2) is 6.61 Å². The molecule has 1 aromatic carbocycles. The van der Waals surface area contributed by atoms with Crippen LogP contribution in [0.4, 0.5) is 5.82 Å². The molecule has 0 atom stereocenters. The standard InChI is InChI=1S/C17H20N4O2/c1-13(19-20-16-9-4-5-10-18-16)14-7-6-8-15(11-14)23-12-17(22)21(2)3/h4-11H,12H2,1-3H3,(H,18,20). The van der Waals surface area contributed by atoms with Crippen molar-refractivity contribution in [2.45, 2.75) is 6.92 Å². The molecule has 1 amide bonds. The van der Waals surface area contributed by atoms with E-state index in [9.17, 15) is 4.79 Å². The summed E-state index contributed by atoms with van der Waals surface area (Å²) < 4.78 is 5.50. The maximum absolute atomic E-state index is 11.6. The molecule has 6 heteroatoms. The van der Waals surface area contributed by atoms with Crippen molar-refractivity contribution < 1.29 is 9.53 Å². The second-order valence-corrected chi connectivity index (χ2v) is 5.13. The van der Waals surface area contributed by atoms with Crippen molar-refractivity contribution in [1.82, 2.24) is 9.88 Å². The highest BCUT2D eigenvalue weighted by molar-refractivity contribution is 5.99. The average molecular weight is 312 g/mol. The lowest BCUT2D eigenvalue weighted by molar-refractivity contribution is -0.130. The highest BCUT2D eigenvalue weighted by Crippen LogP contribution is 2.14. The Balaban J connectivity index is 2.02. The van der Waals surface area contributed by atoms with Gasteiger partial charge in [-0.05, 0) is 31.2 Å². The number of hydrazone groups is 1. The van der Waals surface area contributed by atoms with Crippen molar-refractivity contribution in [3.8, 4) is 5.75 Å². The normalized spacial score (nSPS) is 11.0. The Morgan fingerprint density at radius 1 is 1.26 bits per heavy atom. The van der Waals surface area contributed by atoms with Gasteiger partial charge in [-0.3, -0.25) is 10.2 Å². The number of amides is 1. The van der Waals surface area contributed by atoms with Crippen LogP contribution in [0.3, 0.4) is 0 Å². The first kappa shape index (κ1) is 16.5. The van der Waals surface area contributed by atoms with Crippen molar-refractivity contribution in [2.75, 3.05) is 26.1 Å². The molecule has 2 rings (SSSR count). The number of rotatable bonds is 6. The SMILES string of the molecule is CC(=NNc1ccccn1)c1cccc(OCC(=O)N(C)C)c1. The first-order valence-corrected chi connectivity index (χ1v) is 7.21. The van der Waals surface area contributed by atoms with E-state index < -0.39 is 0 Å². The van der Waals surface area contributed by atoms with Crippen LogP contribution in [0.15, 0.2) is 53.8 Å². The lowest BCUT2D eigenvalue weighted by atomic mass is 10.1. The van der Waals surface area contributed by atoms with E-state index in [4.69, 9.17) is 4.74 Å². The summed E-state index contributed by atoms with van der Waals surface area (Å²) in [5.74, 6) is 1.22. The summed E-state index contributed by atoms with van der Waals surface area (Å²) in [7, 11) is 3.39. The minimum absolute atomic E-state index is 0.0127. The summed E-state index contributed by atoms with van der Waals surface area (Å²) in [5.41, 5.74) is 4.60. The van der Waals surface area contributed by atoms with E-state index in [1.165, 1.54) is 4.90 Å². The number of anilines is 1. The number of carbonyl (C=O) groups excluding carboxylic acids is 1. The van der Waals surface area contributed by atoms with E-state index in [-0.39, 0.29) is 12.5 Å². The van der Waals surface area contributed by atoms with E-state index >= 15 is 0 Å². The molecule has 0 aliphatic rings. The molecular formula is C17H20N4O2. The van der Waals surface area contributed by atoms with Gasteiger partial charge in [-0.25, -0.2) is 4.98 Å².